The third-order valence-corrected chi connectivity index (χ3v) is 5.57. The number of thiophene rings is 1. The molecule has 0 bridgehead atoms. The molecule has 0 spiro atoms. The van der Waals surface area contributed by atoms with E-state index in [9.17, 15) is 14.4 Å². The summed E-state index contributed by atoms with van der Waals surface area (Å²) in [6.45, 7) is 7.97. The SMILES string of the molecule is COC(=O)c1c(NC(=O)c2ccc(C(C)(C)C)cc2)sc(C(=O)N(C)C)c1C. The van der Waals surface area contributed by atoms with Crippen molar-refractivity contribution in [1.82, 2.24) is 4.90 Å². The summed E-state index contributed by atoms with van der Waals surface area (Å²) < 4.78 is 4.84. The third-order valence-electron chi connectivity index (χ3n) is 4.38. The van der Waals surface area contributed by atoms with E-state index >= 15 is 0 Å². The number of rotatable bonds is 4. The van der Waals surface area contributed by atoms with E-state index < -0.39 is 5.97 Å². The van der Waals surface area contributed by atoms with Gasteiger partial charge in [-0.15, -0.1) is 11.3 Å². The Kier molecular flexibility index (Phi) is 6.29. The zero-order valence-corrected chi connectivity index (χ0v) is 18.1. The number of anilines is 1. The third kappa shape index (κ3) is 4.42. The van der Waals surface area contributed by atoms with Crippen LogP contribution in [0, 0.1) is 6.92 Å². The molecule has 2 aromatic rings. The van der Waals surface area contributed by atoms with Crippen molar-refractivity contribution in [3.05, 3.63) is 51.4 Å². The van der Waals surface area contributed by atoms with Crippen molar-refractivity contribution in [1.29, 1.82) is 0 Å². The maximum atomic E-state index is 12.7. The van der Waals surface area contributed by atoms with Crippen molar-refractivity contribution < 1.29 is 19.1 Å². The monoisotopic (exact) mass is 402 g/mol. The lowest BCUT2D eigenvalue weighted by molar-refractivity contribution is 0.0601. The molecule has 1 N–H and O–H groups in total. The summed E-state index contributed by atoms with van der Waals surface area (Å²) in [6.07, 6.45) is 0. The van der Waals surface area contributed by atoms with Gasteiger partial charge in [0.1, 0.15) is 5.00 Å². The molecule has 0 atom stereocenters. The molecule has 2 amide bonds. The van der Waals surface area contributed by atoms with E-state index in [4.69, 9.17) is 4.74 Å². The van der Waals surface area contributed by atoms with E-state index in [0.717, 1.165) is 16.9 Å². The molecule has 1 aromatic carbocycles. The molecule has 28 heavy (non-hydrogen) atoms. The zero-order valence-electron chi connectivity index (χ0n) is 17.3. The summed E-state index contributed by atoms with van der Waals surface area (Å²) in [4.78, 5) is 39.2. The fraction of sp³-hybridized carbons (Fsp3) is 0.381. The van der Waals surface area contributed by atoms with E-state index in [1.807, 2.05) is 12.1 Å². The summed E-state index contributed by atoms with van der Waals surface area (Å²) in [5.74, 6) is -1.18. The molecular formula is C21H26N2O4S. The fourth-order valence-electron chi connectivity index (χ4n) is 2.65. The summed E-state index contributed by atoms with van der Waals surface area (Å²) in [6, 6.07) is 7.33. The highest BCUT2D eigenvalue weighted by atomic mass is 32.1. The van der Waals surface area contributed by atoms with Crippen LogP contribution in [0.25, 0.3) is 0 Å². The smallest absolute Gasteiger partial charge is 0.341 e. The van der Waals surface area contributed by atoms with Crippen LogP contribution >= 0.6 is 11.3 Å². The van der Waals surface area contributed by atoms with Crippen molar-refractivity contribution in [3.8, 4) is 0 Å². The molecule has 0 aliphatic carbocycles. The largest absolute Gasteiger partial charge is 0.465 e. The molecule has 2 rings (SSSR count). The molecule has 6 nitrogen and oxygen atoms in total. The summed E-state index contributed by atoms with van der Waals surface area (Å²) >= 11 is 1.07. The van der Waals surface area contributed by atoms with Gasteiger partial charge in [0.2, 0.25) is 0 Å². The Morgan fingerprint density at radius 2 is 1.64 bits per heavy atom. The highest BCUT2D eigenvalue weighted by Gasteiger charge is 2.27. The molecule has 1 aromatic heterocycles. The first-order valence-corrected chi connectivity index (χ1v) is 9.64. The highest BCUT2D eigenvalue weighted by molar-refractivity contribution is 7.18. The molecule has 0 aliphatic heterocycles. The Balaban J connectivity index is 2.39. The van der Waals surface area contributed by atoms with Gasteiger partial charge in [0, 0.05) is 19.7 Å². The average Bonchev–Trinajstić information content (AvgIpc) is 2.95. The fourth-order valence-corrected chi connectivity index (χ4v) is 3.86. The van der Waals surface area contributed by atoms with Crippen molar-refractivity contribution in [2.75, 3.05) is 26.5 Å². The molecule has 7 heteroatoms. The number of carbonyl (C=O) groups is 3. The molecule has 0 fully saturated rings. The lowest BCUT2D eigenvalue weighted by atomic mass is 9.87. The highest BCUT2D eigenvalue weighted by Crippen LogP contribution is 2.34. The van der Waals surface area contributed by atoms with Crippen molar-refractivity contribution in [3.63, 3.8) is 0 Å². The molecule has 0 radical (unpaired) electrons. The first kappa shape index (κ1) is 21.6. The van der Waals surface area contributed by atoms with E-state index in [1.54, 1.807) is 33.2 Å². The molecule has 0 aliphatic rings. The van der Waals surface area contributed by atoms with E-state index in [1.165, 1.54) is 12.0 Å². The van der Waals surface area contributed by atoms with Crippen LogP contribution in [0.2, 0.25) is 0 Å². The number of hydrogen-bond acceptors (Lipinski definition) is 5. The Morgan fingerprint density at radius 1 is 1.07 bits per heavy atom. The molecule has 0 saturated heterocycles. The lowest BCUT2D eigenvalue weighted by Gasteiger charge is -2.19. The quantitative estimate of drug-likeness (QED) is 0.782. The molecule has 0 saturated carbocycles. The summed E-state index contributed by atoms with van der Waals surface area (Å²) in [7, 11) is 4.53. The standard InChI is InChI=1S/C21H26N2O4S/c1-12-15(20(26)27-7)18(28-16(12)19(25)23(5)6)22-17(24)13-8-10-14(11-9-13)21(2,3)4/h8-11H,1-7H3,(H,22,24). The Labute approximate surface area is 169 Å². The number of esters is 1. The van der Waals surface area contributed by atoms with Crippen LogP contribution in [0.3, 0.4) is 0 Å². The van der Waals surface area contributed by atoms with Crippen LogP contribution < -0.4 is 5.32 Å². The number of nitrogens with one attached hydrogen (secondary N) is 1. The average molecular weight is 403 g/mol. The molecule has 0 unspecified atom stereocenters. The van der Waals surface area contributed by atoms with E-state index in [0.29, 0.717) is 21.0 Å². The van der Waals surface area contributed by atoms with Crippen LogP contribution in [0.4, 0.5) is 5.00 Å². The number of nitrogens with zero attached hydrogens (tertiary/aromatic N) is 1. The maximum Gasteiger partial charge on any atom is 0.341 e. The minimum absolute atomic E-state index is 0.0145. The first-order chi connectivity index (χ1) is 13.0. The van der Waals surface area contributed by atoms with E-state index in [2.05, 4.69) is 26.1 Å². The van der Waals surface area contributed by atoms with Crippen molar-refractivity contribution >= 4 is 34.1 Å². The minimum atomic E-state index is -0.593. The van der Waals surface area contributed by atoms with Crippen LogP contribution in [0.15, 0.2) is 24.3 Å². The number of hydrogen-bond donors (Lipinski definition) is 1. The first-order valence-electron chi connectivity index (χ1n) is 8.82. The van der Waals surface area contributed by atoms with Gasteiger partial charge in [0.05, 0.1) is 17.6 Å². The van der Waals surface area contributed by atoms with Gasteiger partial charge in [0.15, 0.2) is 0 Å². The summed E-state index contributed by atoms with van der Waals surface area (Å²) in [5, 5.41) is 3.07. The normalized spacial score (nSPS) is 11.1. The van der Waals surface area contributed by atoms with Crippen LogP contribution in [0.5, 0.6) is 0 Å². The minimum Gasteiger partial charge on any atom is -0.465 e. The second kappa shape index (κ2) is 8.14. The van der Waals surface area contributed by atoms with Crippen LogP contribution in [-0.2, 0) is 10.2 Å². The maximum absolute atomic E-state index is 12.7. The Bertz CT molecular complexity index is 906. The van der Waals surface area contributed by atoms with Gasteiger partial charge >= 0.3 is 5.97 Å². The number of ether oxygens (including phenoxy) is 1. The van der Waals surface area contributed by atoms with Gasteiger partial charge in [-0.3, -0.25) is 9.59 Å². The topological polar surface area (TPSA) is 75.7 Å². The Morgan fingerprint density at radius 3 is 2.11 bits per heavy atom. The number of carbonyl (C=O) groups excluding carboxylic acids is 3. The predicted octanol–water partition coefficient (Wildman–Crippen LogP) is 4.09. The lowest BCUT2D eigenvalue weighted by Crippen LogP contribution is -2.21. The van der Waals surface area contributed by atoms with Gasteiger partial charge in [-0.25, -0.2) is 4.79 Å². The van der Waals surface area contributed by atoms with Gasteiger partial charge in [-0.05, 0) is 35.6 Å². The van der Waals surface area contributed by atoms with Crippen LogP contribution in [0.1, 0.15) is 62.3 Å². The number of amides is 2. The van der Waals surface area contributed by atoms with Crippen molar-refractivity contribution in [2.45, 2.75) is 33.1 Å². The number of methoxy groups -OCH3 is 1. The van der Waals surface area contributed by atoms with Gasteiger partial charge in [-0.2, -0.15) is 0 Å². The van der Waals surface area contributed by atoms with E-state index in [-0.39, 0.29) is 22.8 Å². The molecule has 150 valence electrons. The number of benzene rings is 1. The zero-order chi connectivity index (χ0) is 21.2. The second-order valence-corrected chi connectivity index (χ2v) is 8.75. The summed E-state index contributed by atoms with van der Waals surface area (Å²) in [5.41, 5.74) is 2.27. The van der Waals surface area contributed by atoms with Gasteiger partial charge in [-0.1, -0.05) is 32.9 Å². The van der Waals surface area contributed by atoms with Crippen molar-refractivity contribution in [2.24, 2.45) is 0 Å². The van der Waals surface area contributed by atoms with Crippen LogP contribution in [-0.4, -0.2) is 43.9 Å². The molecule has 1 heterocycles. The predicted molar refractivity (Wildman–Crippen MR) is 112 cm³/mol. The molecular weight excluding hydrogens is 376 g/mol. The Hall–Kier alpha value is -2.67. The second-order valence-electron chi connectivity index (χ2n) is 7.73. The van der Waals surface area contributed by atoms with Gasteiger partial charge < -0.3 is 15.0 Å². The van der Waals surface area contributed by atoms with Gasteiger partial charge in [0.25, 0.3) is 11.8 Å².